The molecule has 0 spiro atoms. The Bertz CT molecular complexity index is 425. The highest BCUT2D eigenvalue weighted by molar-refractivity contribution is 7.99. The topological polar surface area (TPSA) is 37.8 Å². The number of anilines is 1. The molecule has 3 nitrogen and oxygen atoms in total. The number of halogens is 1. The van der Waals surface area contributed by atoms with E-state index in [1.54, 1.807) is 0 Å². The van der Waals surface area contributed by atoms with E-state index in [9.17, 15) is 0 Å². The van der Waals surface area contributed by atoms with Gasteiger partial charge in [0.1, 0.15) is 16.8 Å². The third-order valence-corrected chi connectivity index (χ3v) is 5.06. The quantitative estimate of drug-likeness (QED) is 0.856. The molecule has 18 heavy (non-hydrogen) atoms. The van der Waals surface area contributed by atoms with Gasteiger partial charge in [0, 0.05) is 23.3 Å². The highest BCUT2D eigenvalue weighted by atomic mass is 35.5. The Balaban J connectivity index is 2.20. The van der Waals surface area contributed by atoms with E-state index in [0.717, 1.165) is 23.6 Å². The van der Waals surface area contributed by atoms with Crippen LogP contribution in [-0.4, -0.2) is 27.5 Å². The van der Waals surface area contributed by atoms with E-state index in [1.807, 2.05) is 25.6 Å². The van der Waals surface area contributed by atoms with Gasteiger partial charge in [-0.2, -0.15) is 11.8 Å². The van der Waals surface area contributed by atoms with Crippen LogP contribution in [0.3, 0.4) is 0 Å². The smallest absolute Gasteiger partial charge is 0.137 e. The van der Waals surface area contributed by atoms with Crippen LogP contribution in [0.1, 0.15) is 37.6 Å². The Morgan fingerprint density at radius 1 is 1.39 bits per heavy atom. The zero-order chi connectivity index (χ0) is 13.1. The van der Waals surface area contributed by atoms with Crippen molar-refractivity contribution < 1.29 is 0 Å². The number of hydrogen-bond acceptors (Lipinski definition) is 4. The SMILES string of the molecule is CCc1nc(Cl)c(C)c(NC2CCCC2SC)n1. The number of aryl methyl sites for hydroxylation is 1. The average Bonchev–Trinajstić information content (AvgIpc) is 2.81. The molecule has 1 heterocycles. The first kappa shape index (κ1) is 13.9. The summed E-state index contributed by atoms with van der Waals surface area (Å²) in [6.07, 6.45) is 6.79. The summed E-state index contributed by atoms with van der Waals surface area (Å²) in [5.74, 6) is 1.73. The monoisotopic (exact) mass is 285 g/mol. The van der Waals surface area contributed by atoms with E-state index in [1.165, 1.54) is 19.3 Å². The number of nitrogens with zero attached hydrogens (tertiary/aromatic N) is 2. The molecule has 2 unspecified atom stereocenters. The van der Waals surface area contributed by atoms with Gasteiger partial charge in [-0.3, -0.25) is 0 Å². The van der Waals surface area contributed by atoms with Crippen molar-refractivity contribution in [3.8, 4) is 0 Å². The first-order valence-corrected chi connectivity index (χ1v) is 8.14. The summed E-state index contributed by atoms with van der Waals surface area (Å²) in [6, 6.07) is 0.509. The number of aromatic nitrogens is 2. The molecule has 5 heteroatoms. The molecule has 1 N–H and O–H groups in total. The van der Waals surface area contributed by atoms with Crippen LogP contribution < -0.4 is 5.32 Å². The van der Waals surface area contributed by atoms with Gasteiger partial charge >= 0.3 is 0 Å². The minimum atomic E-state index is 0.509. The van der Waals surface area contributed by atoms with Gasteiger partial charge in [0.25, 0.3) is 0 Å². The summed E-state index contributed by atoms with van der Waals surface area (Å²) in [7, 11) is 0. The summed E-state index contributed by atoms with van der Waals surface area (Å²) in [5.41, 5.74) is 0.959. The van der Waals surface area contributed by atoms with Crippen molar-refractivity contribution in [1.29, 1.82) is 0 Å². The van der Waals surface area contributed by atoms with Crippen molar-refractivity contribution in [3.63, 3.8) is 0 Å². The first-order chi connectivity index (χ1) is 8.65. The molecular weight excluding hydrogens is 266 g/mol. The number of thioether (sulfide) groups is 1. The van der Waals surface area contributed by atoms with Crippen LogP contribution >= 0.6 is 23.4 Å². The van der Waals surface area contributed by atoms with Crippen LogP contribution in [0.15, 0.2) is 0 Å². The molecular formula is C13H20ClN3S. The van der Waals surface area contributed by atoms with E-state index in [-0.39, 0.29) is 0 Å². The molecule has 1 saturated carbocycles. The second kappa shape index (κ2) is 6.11. The highest BCUT2D eigenvalue weighted by Crippen LogP contribution is 2.31. The molecule has 0 bridgehead atoms. The van der Waals surface area contributed by atoms with Gasteiger partial charge in [-0.1, -0.05) is 24.9 Å². The predicted molar refractivity (Wildman–Crippen MR) is 79.7 cm³/mol. The summed E-state index contributed by atoms with van der Waals surface area (Å²) >= 11 is 8.10. The second-order valence-electron chi connectivity index (χ2n) is 4.71. The third kappa shape index (κ3) is 2.91. The first-order valence-electron chi connectivity index (χ1n) is 6.48. The lowest BCUT2D eigenvalue weighted by molar-refractivity contribution is 0.757. The number of nitrogens with one attached hydrogen (secondary N) is 1. The maximum Gasteiger partial charge on any atom is 0.137 e. The molecule has 2 atom stereocenters. The number of hydrogen-bond donors (Lipinski definition) is 1. The largest absolute Gasteiger partial charge is 0.366 e. The standard InChI is InChI=1S/C13H20ClN3S/c1-4-11-16-12(14)8(2)13(17-11)15-9-6-5-7-10(9)18-3/h9-10H,4-7H2,1-3H3,(H,15,16,17). The van der Waals surface area contributed by atoms with Crippen LogP contribution in [0, 0.1) is 6.92 Å². The second-order valence-corrected chi connectivity index (χ2v) is 6.15. The van der Waals surface area contributed by atoms with Crippen LogP contribution in [0.5, 0.6) is 0 Å². The maximum absolute atomic E-state index is 6.16. The summed E-state index contributed by atoms with van der Waals surface area (Å²) < 4.78 is 0. The van der Waals surface area contributed by atoms with Crippen molar-refractivity contribution >= 4 is 29.2 Å². The zero-order valence-corrected chi connectivity index (χ0v) is 12.7. The van der Waals surface area contributed by atoms with Gasteiger partial charge in [-0.15, -0.1) is 0 Å². The Hall–Kier alpha value is -0.480. The lowest BCUT2D eigenvalue weighted by atomic mass is 10.2. The van der Waals surface area contributed by atoms with Crippen LogP contribution in [0.4, 0.5) is 5.82 Å². The molecule has 2 rings (SSSR count). The lowest BCUT2D eigenvalue weighted by Gasteiger charge is -2.21. The Kier molecular flexibility index (Phi) is 4.73. The molecule has 100 valence electrons. The van der Waals surface area contributed by atoms with Crippen molar-refractivity contribution in [2.45, 2.75) is 50.8 Å². The molecule has 1 aliphatic carbocycles. The lowest BCUT2D eigenvalue weighted by Crippen LogP contribution is -2.27. The van der Waals surface area contributed by atoms with Crippen LogP contribution in [0.2, 0.25) is 5.15 Å². The Morgan fingerprint density at radius 2 is 2.17 bits per heavy atom. The normalized spacial score (nSPS) is 23.3. The van der Waals surface area contributed by atoms with E-state index < -0.39 is 0 Å². The summed E-state index contributed by atoms with van der Waals surface area (Å²) in [6.45, 7) is 4.03. The van der Waals surface area contributed by atoms with E-state index in [4.69, 9.17) is 11.6 Å². The molecule has 1 fully saturated rings. The van der Waals surface area contributed by atoms with Gasteiger partial charge in [0.05, 0.1) is 0 Å². The zero-order valence-electron chi connectivity index (χ0n) is 11.2. The Labute approximate surface area is 118 Å². The molecule has 0 radical (unpaired) electrons. The van der Waals surface area contributed by atoms with Crippen molar-refractivity contribution in [2.24, 2.45) is 0 Å². The van der Waals surface area contributed by atoms with Crippen LogP contribution in [0.25, 0.3) is 0 Å². The summed E-state index contributed by atoms with van der Waals surface area (Å²) in [5, 5.41) is 4.83. The molecule has 1 aromatic rings. The van der Waals surface area contributed by atoms with Gasteiger partial charge in [0.15, 0.2) is 0 Å². The highest BCUT2D eigenvalue weighted by Gasteiger charge is 2.27. The minimum Gasteiger partial charge on any atom is -0.366 e. The van der Waals surface area contributed by atoms with Gasteiger partial charge in [0.2, 0.25) is 0 Å². The fourth-order valence-corrected chi connectivity index (χ4v) is 3.50. The maximum atomic E-state index is 6.16. The van der Waals surface area contributed by atoms with Gasteiger partial charge in [-0.05, 0) is 26.0 Å². The average molecular weight is 286 g/mol. The van der Waals surface area contributed by atoms with Crippen molar-refractivity contribution in [1.82, 2.24) is 9.97 Å². The summed E-state index contributed by atoms with van der Waals surface area (Å²) in [4.78, 5) is 8.84. The molecule has 1 aliphatic rings. The third-order valence-electron chi connectivity index (χ3n) is 3.53. The minimum absolute atomic E-state index is 0.509. The van der Waals surface area contributed by atoms with Crippen LogP contribution in [-0.2, 0) is 6.42 Å². The molecule has 0 aromatic carbocycles. The van der Waals surface area contributed by atoms with Crippen molar-refractivity contribution in [3.05, 3.63) is 16.5 Å². The fraction of sp³-hybridized carbons (Fsp3) is 0.692. The van der Waals surface area contributed by atoms with Crippen molar-refractivity contribution in [2.75, 3.05) is 11.6 Å². The predicted octanol–water partition coefficient (Wildman–Crippen LogP) is 3.70. The molecule has 0 saturated heterocycles. The Morgan fingerprint density at radius 3 is 2.83 bits per heavy atom. The number of rotatable bonds is 4. The van der Waals surface area contributed by atoms with E-state index >= 15 is 0 Å². The van der Waals surface area contributed by atoms with E-state index in [0.29, 0.717) is 16.4 Å². The van der Waals surface area contributed by atoms with Gasteiger partial charge in [-0.25, -0.2) is 9.97 Å². The fourth-order valence-electron chi connectivity index (χ4n) is 2.38. The van der Waals surface area contributed by atoms with E-state index in [2.05, 4.69) is 21.5 Å². The van der Waals surface area contributed by atoms with Gasteiger partial charge < -0.3 is 5.32 Å². The molecule has 1 aromatic heterocycles. The molecule has 0 aliphatic heterocycles. The molecule has 0 amide bonds.